The molecular weight excluding hydrogens is 206 g/mol. The maximum absolute atomic E-state index is 5.77. The zero-order valence-electron chi connectivity index (χ0n) is 10.1. The Kier molecular flexibility index (Phi) is 7.29. The van der Waals surface area contributed by atoms with E-state index < -0.39 is 0 Å². The van der Waals surface area contributed by atoms with Crippen LogP contribution >= 0.6 is 12.4 Å². The molecular formula is C13H26ClN. The van der Waals surface area contributed by atoms with Crippen LogP contribution in [0, 0.1) is 23.7 Å². The Bertz CT molecular complexity index is 173. The predicted molar refractivity (Wildman–Crippen MR) is 70.3 cm³/mol. The molecule has 0 radical (unpaired) electrons. The Hall–Kier alpha value is -0.0100. The van der Waals surface area contributed by atoms with Gasteiger partial charge in [0.25, 0.3) is 0 Å². The Balaban J connectivity index is 0.00000196. The lowest BCUT2D eigenvalue weighted by molar-refractivity contribution is 0.110. The van der Waals surface area contributed by atoms with Gasteiger partial charge in [-0.05, 0) is 55.9 Å². The topological polar surface area (TPSA) is 26.0 Å². The first-order chi connectivity index (χ1) is 6.67. The molecule has 0 aromatic heterocycles. The van der Waals surface area contributed by atoms with E-state index in [-0.39, 0.29) is 12.4 Å². The minimum absolute atomic E-state index is 0. The second kappa shape index (κ2) is 7.29. The van der Waals surface area contributed by atoms with Gasteiger partial charge in [0.15, 0.2) is 0 Å². The van der Waals surface area contributed by atoms with Crippen molar-refractivity contribution in [3.63, 3.8) is 0 Å². The van der Waals surface area contributed by atoms with E-state index in [1.54, 1.807) is 0 Å². The van der Waals surface area contributed by atoms with E-state index in [0.717, 1.165) is 30.7 Å². The van der Waals surface area contributed by atoms with Crippen LogP contribution in [0.2, 0.25) is 0 Å². The standard InChI is InChI=1S/C13H25N.ClH/c1-4-5-12(9-14)13-7-11(8-13)6-10(2)3;/h4,10-13H,1,5-9,14H2,2-3H3;1H. The molecule has 1 aliphatic carbocycles. The molecule has 1 atom stereocenters. The van der Waals surface area contributed by atoms with Gasteiger partial charge in [-0.25, -0.2) is 0 Å². The molecule has 0 heterocycles. The van der Waals surface area contributed by atoms with E-state index in [1.807, 2.05) is 6.08 Å². The highest BCUT2D eigenvalue weighted by Gasteiger charge is 2.33. The molecule has 0 aromatic carbocycles. The van der Waals surface area contributed by atoms with Crippen molar-refractivity contribution in [3.8, 4) is 0 Å². The predicted octanol–water partition coefficient (Wildman–Crippen LogP) is 3.63. The zero-order valence-corrected chi connectivity index (χ0v) is 10.9. The van der Waals surface area contributed by atoms with Crippen LogP contribution < -0.4 is 5.73 Å². The number of halogens is 1. The lowest BCUT2D eigenvalue weighted by atomic mass is 9.65. The van der Waals surface area contributed by atoms with Gasteiger partial charge in [-0.2, -0.15) is 0 Å². The molecule has 0 bridgehead atoms. The third-order valence-corrected chi connectivity index (χ3v) is 3.52. The fraction of sp³-hybridized carbons (Fsp3) is 0.846. The second-order valence-electron chi connectivity index (χ2n) is 5.25. The van der Waals surface area contributed by atoms with Crippen molar-refractivity contribution in [2.24, 2.45) is 29.4 Å². The first-order valence-electron chi connectivity index (χ1n) is 5.98. The molecule has 0 saturated heterocycles. The summed E-state index contributed by atoms with van der Waals surface area (Å²) >= 11 is 0. The fourth-order valence-electron chi connectivity index (χ4n) is 2.73. The van der Waals surface area contributed by atoms with Crippen LogP contribution in [0.15, 0.2) is 12.7 Å². The molecule has 1 aliphatic rings. The van der Waals surface area contributed by atoms with Gasteiger partial charge in [-0.1, -0.05) is 19.9 Å². The van der Waals surface area contributed by atoms with Crippen molar-refractivity contribution < 1.29 is 0 Å². The zero-order chi connectivity index (χ0) is 10.6. The summed E-state index contributed by atoms with van der Waals surface area (Å²) in [7, 11) is 0. The molecule has 1 rings (SSSR count). The second-order valence-corrected chi connectivity index (χ2v) is 5.25. The molecule has 90 valence electrons. The van der Waals surface area contributed by atoms with Crippen molar-refractivity contribution in [2.45, 2.75) is 39.5 Å². The third-order valence-electron chi connectivity index (χ3n) is 3.52. The molecule has 2 heteroatoms. The van der Waals surface area contributed by atoms with Crippen molar-refractivity contribution in [1.82, 2.24) is 0 Å². The lowest BCUT2D eigenvalue weighted by Crippen LogP contribution is -2.34. The highest BCUT2D eigenvalue weighted by molar-refractivity contribution is 5.85. The van der Waals surface area contributed by atoms with Gasteiger partial charge in [-0.15, -0.1) is 19.0 Å². The summed E-state index contributed by atoms with van der Waals surface area (Å²) < 4.78 is 0. The number of nitrogens with two attached hydrogens (primary N) is 1. The highest BCUT2D eigenvalue weighted by atomic mass is 35.5. The third kappa shape index (κ3) is 4.56. The van der Waals surface area contributed by atoms with Gasteiger partial charge in [0.1, 0.15) is 0 Å². The van der Waals surface area contributed by atoms with E-state index >= 15 is 0 Å². The van der Waals surface area contributed by atoms with E-state index in [4.69, 9.17) is 5.73 Å². The summed E-state index contributed by atoms with van der Waals surface area (Å²) in [5.41, 5.74) is 5.77. The maximum atomic E-state index is 5.77. The van der Waals surface area contributed by atoms with Gasteiger partial charge in [0.05, 0.1) is 0 Å². The minimum atomic E-state index is 0. The molecule has 2 N–H and O–H groups in total. The Labute approximate surface area is 101 Å². The molecule has 1 fully saturated rings. The summed E-state index contributed by atoms with van der Waals surface area (Å²) in [4.78, 5) is 0. The Morgan fingerprint density at radius 3 is 2.40 bits per heavy atom. The van der Waals surface area contributed by atoms with Crippen molar-refractivity contribution in [1.29, 1.82) is 0 Å². The number of hydrogen-bond donors (Lipinski definition) is 1. The van der Waals surface area contributed by atoms with Gasteiger partial charge in [0, 0.05) is 0 Å². The smallest absolute Gasteiger partial charge is 0.00432 e. The van der Waals surface area contributed by atoms with Crippen LogP contribution in [-0.4, -0.2) is 6.54 Å². The molecule has 0 aromatic rings. The largest absolute Gasteiger partial charge is 0.330 e. The van der Waals surface area contributed by atoms with Crippen LogP contribution in [0.4, 0.5) is 0 Å². The highest BCUT2D eigenvalue weighted by Crippen LogP contribution is 2.42. The van der Waals surface area contributed by atoms with Gasteiger partial charge < -0.3 is 5.73 Å². The van der Waals surface area contributed by atoms with Crippen LogP contribution in [0.1, 0.15) is 39.5 Å². The molecule has 1 nitrogen and oxygen atoms in total. The number of allylic oxidation sites excluding steroid dienone is 1. The molecule has 1 unspecified atom stereocenters. The summed E-state index contributed by atoms with van der Waals surface area (Å²) in [6, 6.07) is 0. The van der Waals surface area contributed by atoms with Crippen LogP contribution in [0.25, 0.3) is 0 Å². The number of hydrogen-bond acceptors (Lipinski definition) is 1. The SMILES string of the molecule is C=CCC(CN)C1CC(CC(C)C)C1.Cl. The lowest BCUT2D eigenvalue weighted by Gasteiger charge is -2.41. The summed E-state index contributed by atoms with van der Waals surface area (Å²) in [6.45, 7) is 9.27. The average molecular weight is 232 g/mol. The van der Waals surface area contributed by atoms with Crippen molar-refractivity contribution in [2.75, 3.05) is 6.54 Å². The first kappa shape index (κ1) is 15.0. The monoisotopic (exact) mass is 231 g/mol. The van der Waals surface area contributed by atoms with Gasteiger partial charge in [-0.3, -0.25) is 0 Å². The van der Waals surface area contributed by atoms with Gasteiger partial charge in [0.2, 0.25) is 0 Å². The van der Waals surface area contributed by atoms with Crippen LogP contribution in [-0.2, 0) is 0 Å². The van der Waals surface area contributed by atoms with Gasteiger partial charge >= 0.3 is 0 Å². The molecule has 0 aliphatic heterocycles. The van der Waals surface area contributed by atoms with E-state index in [0.29, 0.717) is 5.92 Å². The molecule has 0 amide bonds. The normalized spacial score (nSPS) is 26.7. The van der Waals surface area contributed by atoms with Crippen molar-refractivity contribution in [3.05, 3.63) is 12.7 Å². The quantitative estimate of drug-likeness (QED) is 0.695. The van der Waals surface area contributed by atoms with E-state index in [1.165, 1.54) is 19.3 Å². The van der Waals surface area contributed by atoms with E-state index in [9.17, 15) is 0 Å². The van der Waals surface area contributed by atoms with Crippen molar-refractivity contribution >= 4 is 12.4 Å². The average Bonchev–Trinajstić information content (AvgIpc) is 2.07. The molecule has 1 saturated carbocycles. The summed E-state index contributed by atoms with van der Waals surface area (Å²) in [5, 5.41) is 0. The fourth-order valence-corrected chi connectivity index (χ4v) is 2.73. The summed E-state index contributed by atoms with van der Waals surface area (Å²) in [6.07, 6.45) is 7.35. The Morgan fingerprint density at radius 2 is 2.00 bits per heavy atom. The number of rotatable bonds is 6. The minimum Gasteiger partial charge on any atom is -0.330 e. The first-order valence-corrected chi connectivity index (χ1v) is 5.98. The van der Waals surface area contributed by atoms with Crippen LogP contribution in [0.3, 0.4) is 0 Å². The maximum Gasteiger partial charge on any atom is -0.00432 e. The molecule has 0 spiro atoms. The summed E-state index contributed by atoms with van der Waals surface area (Å²) in [5.74, 6) is 3.44. The molecule has 15 heavy (non-hydrogen) atoms. The van der Waals surface area contributed by atoms with E-state index in [2.05, 4.69) is 20.4 Å². The Morgan fingerprint density at radius 1 is 1.40 bits per heavy atom. The van der Waals surface area contributed by atoms with Crippen LogP contribution in [0.5, 0.6) is 0 Å².